The highest BCUT2D eigenvalue weighted by Crippen LogP contribution is 2.55. The van der Waals surface area contributed by atoms with Gasteiger partial charge in [-0.05, 0) is 151 Å². The van der Waals surface area contributed by atoms with Crippen LogP contribution in [0.3, 0.4) is 0 Å². The maximum absolute atomic E-state index is 2.52. The van der Waals surface area contributed by atoms with Gasteiger partial charge in [-0.15, -0.1) is 0 Å². The molecular weight excluding hydrogens is 711 g/mol. The average molecular weight is 766 g/mol. The molecule has 0 aliphatic heterocycles. The van der Waals surface area contributed by atoms with Crippen molar-refractivity contribution in [1.29, 1.82) is 0 Å². The molecule has 1 nitrogen and oxygen atoms in total. The predicted octanol–water partition coefficient (Wildman–Crippen LogP) is 16.2. The van der Waals surface area contributed by atoms with E-state index in [2.05, 4.69) is 192 Å². The molecule has 1 fully saturated rings. The van der Waals surface area contributed by atoms with Crippen molar-refractivity contribution in [2.45, 2.75) is 102 Å². The summed E-state index contributed by atoms with van der Waals surface area (Å²) in [5.74, 6) is 0.670. The molecule has 59 heavy (non-hydrogen) atoms. The Kier molecular flexibility index (Phi) is 8.13. The molecule has 7 aromatic carbocycles. The summed E-state index contributed by atoms with van der Waals surface area (Å²) in [6.45, 7) is 14.4. The Balaban J connectivity index is 1.00. The van der Waals surface area contributed by atoms with Gasteiger partial charge in [-0.2, -0.15) is 0 Å². The number of nitrogens with zero attached hydrogens (tertiary/aromatic N) is 1. The second-order valence-corrected chi connectivity index (χ2v) is 19.6. The third-order valence-corrected chi connectivity index (χ3v) is 15.1. The number of hydrogen-bond acceptors (Lipinski definition) is 1. The van der Waals surface area contributed by atoms with Crippen LogP contribution in [0.2, 0.25) is 0 Å². The molecule has 1 heteroatoms. The first kappa shape index (κ1) is 36.4. The van der Waals surface area contributed by atoms with E-state index in [9.17, 15) is 0 Å². The van der Waals surface area contributed by atoms with Gasteiger partial charge in [0.1, 0.15) is 0 Å². The number of fused-ring (bicyclic) bond motifs is 9. The molecule has 0 saturated heterocycles. The van der Waals surface area contributed by atoms with Gasteiger partial charge < -0.3 is 4.90 Å². The largest absolute Gasteiger partial charge is 0.310 e. The van der Waals surface area contributed by atoms with E-state index in [4.69, 9.17) is 0 Å². The van der Waals surface area contributed by atoms with Gasteiger partial charge in [-0.1, -0.05) is 164 Å². The summed E-state index contributed by atoms with van der Waals surface area (Å²) in [6.07, 6.45) is 8.07. The van der Waals surface area contributed by atoms with Crippen LogP contribution >= 0.6 is 0 Å². The molecule has 4 aliphatic carbocycles. The standard InChI is InChI=1S/C58H55N/c1-56(2)50-19-13-11-17-44(50)46-29-23-40(34-53(46)56)39-24-32-52-49(33-39)48-31-28-43(36-55(48)58(52,5)6)59(41-25-21-38(22-26-41)37-15-9-7-8-10-16-37)42-27-30-47-45-18-12-14-20-51(45)57(3,4)54(47)35-42/h11-14,17-37H,7-10,15-16H2,1-6H3. The van der Waals surface area contributed by atoms with Crippen LogP contribution < -0.4 is 4.90 Å². The van der Waals surface area contributed by atoms with E-state index in [1.54, 1.807) is 0 Å². The summed E-state index contributed by atoms with van der Waals surface area (Å²) in [6, 6.07) is 56.4. The highest BCUT2D eigenvalue weighted by molar-refractivity contribution is 5.90. The molecule has 11 rings (SSSR count). The molecule has 0 N–H and O–H groups in total. The molecule has 0 spiro atoms. The lowest BCUT2D eigenvalue weighted by Gasteiger charge is -2.30. The van der Waals surface area contributed by atoms with Gasteiger partial charge in [-0.3, -0.25) is 0 Å². The van der Waals surface area contributed by atoms with Gasteiger partial charge in [0.15, 0.2) is 0 Å². The summed E-state index contributed by atoms with van der Waals surface area (Å²) in [4.78, 5) is 2.52. The van der Waals surface area contributed by atoms with Gasteiger partial charge >= 0.3 is 0 Å². The Bertz CT molecular complexity index is 2800. The molecule has 292 valence electrons. The number of benzene rings is 7. The molecule has 4 aliphatic rings. The van der Waals surface area contributed by atoms with Crippen LogP contribution in [0.1, 0.15) is 125 Å². The topological polar surface area (TPSA) is 3.24 Å². The Morgan fingerprint density at radius 1 is 0.356 bits per heavy atom. The molecule has 0 atom stereocenters. The van der Waals surface area contributed by atoms with Gasteiger partial charge in [0, 0.05) is 33.3 Å². The second kappa shape index (κ2) is 13.2. The van der Waals surface area contributed by atoms with E-state index in [0.717, 1.165) is 0 Å². The molecule has 0 bridgehead atoms. The van der Waals surface area contributed by atoms with Gasteiger partial charge in [0.05, 0.1) is 0 Å². The molecule has 0 aromatic heterocycles. The van der Waals surface area contributed by atoms with Crippen molar-refractivity contribution in [2.24, 2.45) is 0 Å². The van der Waals surface area contributed by atoms with Crippen molar-refractivity contribution in [3.05, 3.63) is 185 Å². The van der Waals surface area contributed by atoms with E-state index in [1.807, 2.05) is 0 Å². The van der Waals surface area contributed by atoms with Crippen molar-refractivity contribution >= 4 is 17.1 Å². The fraction of sp³-hybridized carbons (Fsp3) is 0.276. The molecular formula is C58H55N. The normalized spacial score (nSPS) is 17.6. The minimum Gasteiger partial charge on any atom is -0.310 e. The Hall–Kier alpha value is -5.66. The molecule has 1 saturated carbocycles. The van der Waals surface area contributed by atoms with Crippen molar-refractivity contribution in [3.8, 4) is 44.5 Å². The van der Waals surface area contributed by atoms with E-state index in [0.29, 0.717) is 5.92 Å². The number of anilines is 3. The molecule has 0 radical (unpaired) electrons. The average Bonchev–Trinajstić information content (AvgIpc) is 3.56. The first-order chi connectivity index (χ1) is 28.5. The van der Waals surface area contributed by atoms with Crippen molar-refractivity contribution in [2.75, 3.05) is 4.90 Å². The van der Waals surface area contributed by atoms with Crippen molar-refractivity contribution in [1.82, 2.24) is 0 Å². The zero-order valence-corrected chi connectivity index (χ0v) is 35.6. The minimum atomic E-state index is -0.142. The predicted molar refractivity (Wildman–Crippen MR) is 250 cm³/mol. The highest BCUT2D eigenvalue weighted by atomic mass is 15.1. The van der Waals surface area contributed by atoms with Crippen LogP contribution in [0, 0.1) is 0 Å². The van der Waals surface area contributed by atoms with Crippen LogP contribution in [0.15, 0.2) is 146 Å². The monoisotopic (exact) mass is 765 g/mol. The lowest BCUT2D eigenvalue weighted by Crippen LogP contribution is -2.18. The first-order valence-electron chi connectivity index (χ1n) is 22.2. The summed E-state index contributed by atoms with van der Waals surface area (Å²) in [5, 5.41) is 0. The van der Waals surface area contributed by atoms with Crippen LogP contribution in [0.5, 0.6) is 0 Å². The lowest BCUT2D eigenvalue weighted by molar-refractivity contribution is 0.592. The smallest absolute Gasteiger partial charge is 0.0465 e. The zero-order valence-electron chi connectivity index (χ0n) is 35.6. The molecule has 0 unspecified atom stereocenters. The van der Waals surface area contributed by atoms with Crippen LogP contribution in [-0.2, 0) is 16.2 Å². The van der Waals surface area contributed by atoms with E-state index >= 15 is 0 Å². The van der Waals surface area contributed by atoms with Gasteiger partial charge in [-0.25, -0.2) is 0 Å². The first-order valence-corrected chi connectivity index (χ1v) is 22.2. The Morgan fingerprint density at radius 3 is 1.36 bits per heavy atom. The minimum absolute atomic E-state index is 0.0241. The molecule has 7 aromatic rings. The summed E-state index contributed by atoms with van der Waals surface area (Å²) >= 11 is 0. The summed E-state index contributed by atoms with van der Waals surface area (Å²) in [7, 11) is 0. The SMILES string of the molecule is CC1(C)c2ccccc2-c2ccc(-c3ccc4c(c3)-c3ccc(N(c5ccc(C6CCCCCC6)cc5)c5ccc6c(c5)C(C)(C)c5ccccc5-6)cc3C4(C)C)cc21. The fourth-order valence-electron chi connectivity index (χ4n) is 11.7. The zero-order chi connectivity index (χ0) is 40.3. The van der Waals surface area contributed by atoms with Crippen molar-refractivity contribution in [3.63, 3.8) is 0 Å². The van der Waals surface area contributed by atoms with Gasteiger partial charge in [0.25, 0.3) is 0 Å². The van der Waals surface area contributed by atoms with Gasteiger partial charge in [0.2, 0.25) is 0 Å². The van der Waals surface area contributed by atoms with Crippen LogP contribution in [0.25, 0.3) is 44.5 Å². The van der Waals surface area contributed by atoms with Crippen LogP contribution in [0.4, 0.5) is 17.1 Å². The third-order valence-electron chi connectivity index (χ3n) is 15.1. The fourth-order valence-corrected chi connectivity index (χ4v) is 11.7. The Labute approximate surface area is 351 Å². The van der Waals surface area contributed by atoms with Crippen molar-refractivity contribution < 1.29 is 0 Å². The maximum atomic E-state index is 2.52. The summed E-state index contributed by atoms with van der Waals surface area (Å²) in [5.41, 5.74) is 24.1. The summed E-state index contributed by atoms with van der Waals surface area (Å²) < 4.78 is 0. The number of rotatable bonds is 5. The quantitative estimate of drug-likeness (QED) is 0.158. The van der Waals surface area contributed by atoms with E-state index in [1.165, 1.54) is 139 Å². The van der Waals surface area contributed by atoms with E-state index < -0.39 is 0 Å². The molecule has 0 heterocycles. The number of hydrogen-bond donors (Lipinski definition) is 0. The van der Waals surface area contributed by atoms with E-state index in [-0.39, 0.29) is 16.2 Å². The van der Waals surface area contributed by atoms with Crippen LogP contribution in [-0.4, -0.2) is 0 Å². The highest BCUT2D eigenvalue weighted by Gasteiger charge is 2.39. The Morgan fingerprint density at radius 2 is 0.780 bits per heavy atom. The second-order valence-electron chi connectivity index (χ2n) is 19.6. The maximum Gasteiger partial charge on any atom is 0.0465 e. The lowest BCUT2D eigenvalue weighted by atomic mass is 9.81. The molecule has 0 amide bonds. The third kappa shape index (κ3) is 5.50.